The van der Waals surface area contributed by atoms with E-state index in [9.17, 15) is 9.90 Å². The second-order valence-electron chi connectivity index (χ2n) is 5.56. The largest absolute Gasteiger partial charge is 1.00 e. The second-order valence-corrected chi connectivity index (χ2v) is 5.56. The number of aliphatic hydroxyl groups is 1. The van der Waals surface area contributed by atoms with Crippen molar-refractivity contribution in [2.75, 3.05) is 6.54 Å². The molecule has 2 unspecified atom stereocenters. The van der Waals surface area contributed by atoms with Crippen LogP contribution in [-0.2, 0) is 0 Å². The number of ketones is 1. The van der Waals surface area contributed by atoms with E-state index < -0.39 is 6.10 Å². The number of aliphatic hydroxyl groups excluding tert-OH is 1. The van der Waals surface area contributed by atoms with Crippen molar-refractivity contribution in [2.24, 2.45) is 0 Å². The third-order valence-electron chi connectivity index (χ3n) is 3.71. The summed E-state index contributed by atoms with van der Waals surface area (Å²) in [5, 5.41) is 12.3. The highest BCUT2D eigenvalue weighted by molar-refractivity contribution is 5.94. The molecule has 6 heteroatoms. The molecule has 0 fully saturated rings. The van der Waals surface area contributed by atoms with E-state index in [1.807, 2.05) is 42.6 Å². The van der Waals surface area contributed by atoms with Gasteiger partial charge in [0.25, 0.3) is 0 Å². The maximum absolute atomic E-state index is 12.1. The van der Waals surface area contributed by atoms with Crippen LogP contribution < -0.4 is 17.7 Å². The summed E-state index contributed by atoms with van der Waals surface area (Å²) in [5.74, 6) is 0.815. The van der Waals surface area contributed by atoms with Gasteiger partial charge in [-0.2, -0.15) is 0 Å². The summed E-state index contributed by atoms with van der Waals surface area (Å²) in [6.07, 6.45) is -0.188. The van der Waals surface area contributed by atoms with Crippen LogP contribution in [-0.4, -0.2) is 28.5 Å². The molecule has 3 N–H and O–H groups in total. The van der Waals surface area contributed by atoms with Crippen LogP contribution in [0.1, 0.15) is 47.2 Å². The highest BCUT2D eigenvalue weighted by Gasteiger charge is 2.21. The minimum atomic E-state index is -0.550. The van der Waals surface area contributed by atoms with Gasteiger partial charge in [0.1, 0.15) is 12.1 Å². The minimum absolute atomic E-state index is 0. The van der Waals surface area contributed by atoms with Crippen LogP contribution in [0.2, 0.25) is 0 Å². The van der Waals surface area contributed by atoms with E-state index in [0.29, 0.717) is 30.3 Å². The smallest absolute Gasteiger partial charge is 0.205 e. The molecule has 1 aromatic heterocycles. The first-order valence-corrected chi connectivity index (χ1v) is 7.52. The first kappa shape index (κ1) is 19.4. The molecule has 5 nitrogen and oxygen atoms in total. The highest BCUT2D eigenvalue weighted by Crippen LogP contribution is 2.14. The molecule has 0 bridgehead atoms. The van der Waals surface area contributed by atoms with E-state index in [-0.39, 0.29) is 24.2 Å². The predicted molar refractivity (Wildman–Crippen MR) is 82.6 cm³/mol. The molecule has 0 radical (unpaired) electrons. The molecule has 1 aromatic carbocycles. The third-order valence-corrected chi connectivity index (χ3v) is 3.71. The molecule has 1 heterocycles. The van der Waals surface area contributed by atoms with Gasteiger partial charge in [-0.05, 0) is 19.4 Å². The molecular weight excluding hydrogens is 316 g/mol. The first-order chi connectivity index (χ1) is 10.5. The van der Waals surface area contributed by atoms with Gasteiger partial charge in [0, 0.05) is 6.92 Å². The number of nitrogens with two attached hydrogens (primary N) is 1. The van der Waals surface area contributed by atoms with Gasteiger partial charge in [0.2, 0.25) is 5.78 Å². The molecule has 0 saturated carbocycles. The van der Waals surface area contributed by atoms with E-state index >= 15 is 0 Å². The molecular formula is C17H23ClN2O3. The van der Waals surface area contributed by atoms with E-state index in [0.717, 1.165) is 5.56 Å². The fourth-order valence-corrected chi connectivity index (χ4v) is 2.46. The van der Waals surface area contributed by atoms with Gasteiger partial charge in [-0.15, -0.1) is 0 Å². The summed E-state index contributed by atoms with van der Waals surface area (Å²) in [6, 6.07) is 9.52. The van der Waals surface area contributed by atoms with Gasteiger partial charge in [-0.3, -0.25) is 4.79 Å². The average molecular weight is 339 g/mol. The zero-order valence-electron chi connectivity index (χ0n) is 13.6. The number of aryl methyl sites for hydroxylation is 2. The molecule has 0 aliphatic heterocycles. The Kier molecular flexibility index (Phi) is 7.42. The summed E-state index contributed by atoms with van der Waals surface area (Å²) in [4.78, 5) is 16.2. The summed E-state index contributed by atoms with van der Waals surface area (Å²) >= 11 is 0. The molecule has 0 saturated heterocycles. The van der Waals surface area contributed by atoms with Crippen molar-refractivity contribution in [3.8, 4) is 0 Å². The van der Waals surface area contributed by atoms with Crippen molar-refractivity contribution in [3.63, 3.8) is 0 Å². The molecule has 0 aliphatic rings. The SMILES string of the molecule is Cc1nc(C)c(C(=O)CC[NH2+]C(C)C(O)c2ccccc2)o1.[Cl-]. The lowest BCUT2D eigenvalue weighted by Crippen LogP contribution is -3.00. The van der Waals surface area contributed by atoms with E-state index in [1.165, 1.54) is 0 Å². The molecule has 0 aliphatic carbocycles. The molecule has 23 heavy (non-hydrogen) atoms. The predicted octanol–water partition coefficient (Wildman–Crippen LogP) is -1.45. The van der Waals surface area contributed by atoms with Crippen molar-refractivity contribution < 1.29 is 32.0 Å². The van der Waals surface area contributed by atoms with Gasteiger partial charge in [0.05, 0.1) is 18.7 Å². The van der Waals surface area contributed by atoms with Gasteiger partial charge in [0.15, 0.2) is 11.7 Å². The Bertz CT molecular complexity index is 628. The molecule has 2 aromatic rings. The number of nitrogens with zero attached hydrogens (tertiary/aromatic N) is 1. The van der Waals surface area contributed by atoms with E-state index in [2.05, 4.69) is 4.98 Å². The monoisotopic (exact) mass is 338 g/mol. The number of carbonyl (C=O) groups is 1. The van der Waals surface area contributed by atoms with Gasteiger partial charge in [-0.1, -0.05) is 30.3 Å². The van der Waals surface area contributed by atoms with Crippen LogP contribution in [0.3, 0.4) is 0 Å². The van der Waals surface area contributed by atoms with Crippen LogP contribution in [0.15, 0.2) is 34.7 Å². The average Bonchev–Trinajstić information content (AvgIpc) is 2.86. The van der Waals surface area contributed by atoms with Crippen molar-refractivity contribution in [3.05, 3.63) is 53.2 Å². The highest BCUT2D eigenvalue weighted by atomic mass is 35.5. The lowest BCUT2D eigenvalue weighted by molar-refractivity contribution is -0.693. The van der Waals surface area contributed by atoms with Crippen molar-refractivity contribution in [1.82, 2.24) is 4.98 Å². The Labute approximate surface area is 142 Å². The standard InChI is InChI=1S/C17H22N2O3.ClH/c1-11(16(21)14-7-5-4-6-8-14)18-10-9-15(20)17-12(2)19-13(3)22-17;/h4-8,11,16,18,21H,9-10H2,1-3H3;1H. The fourth-order valence-electron chi connectivity index (χ4n) is 2.46. The number of oxazole rings is 1. The van der Waals surface area contributed by atoms with Crippen molar-refractivity contribution in [1.29, 1.82) is 0 Å². The number of rotatable bonds is 7. The van der Waals surface area contributed by atoms with Crippen LogP contribution in [0.5, 0.6) is 0 Å². The molecule has 0 amide bonds. The number of hydrogen-bond acceptors (Lipinski definition) is 4. The minimum Gasteiger partial charge on any atom is -1.00 e. The number of hydrogen-bond donors (Lipinski definition) is 2. The summed E-state index contributed by atoms with van der Waals surface area (Å²) < 4.78 is 5.33. The van der Waals surface area contributed by atoms with Crippen molar-refractivity contribution >= 4 is 5.78 Å². The van der Waals surface area contributed by atoms with E-state index in [1.54, 1.807) is 13.8 Å². The van der Waals surface area contributed by atoms with E-state index in [4.69, 9.17) is 4.42 Å². The normalized spacial score (nSPS) is 13.2. The summed E-state index contributed by atoms with van der Waals surface area (Å²) in [5.41, 5.74) is 1.53. The number of aromatic nitrogens is 1. The quantitative estimate of drug-likeness (QED) is 0.606. The fraction of sp³-hybridized carbons (Fsp3) is 0.412. The molecule has 2 rings (SSSR count). The lowest BCUT2D eigenvalue weighted by atomic mass is 10.0. The Morgan fingerprint density at radius 2 is 1.96 bits per heavy atom. The molecule has 126 valence electrons. The maximum Gasteiger partial charge on any atom is 0.205 e. The van der Waals surface area contributed by atoms with Crippen molar-refractivity contribution in [2.45, 2.75) is 39.3 Å². The van der Waals surface area contributed by atoms with Crippen LogP contribution in [0, 0.1) is 13.8 Å². The Balaban J connectivity index is 0.00000264. The first-order valence-electron chi connectivity index (χ1n) is 7.52. The number of halogens is 1. The second kappa shape index (κ2) is 8.82. The summed E-state index contributed by atoms with van der Waals surface area (Å²) in [7, 11) is 0. The lowest BCUT2D eigenvalue weighted by Gasteiger charge is -2.17. The number of Topliss-reactive ketones (excluding diaryl/α,β-unsaturated/α-hetero) is 1. The number of quaternary nitrogens is 1. The zero-order valence-corrected chi connectivity index (χ0v) is 14.4. The van der Waals surface area contributed by atoms with Gasteiger partial charge < -0.3 is 27.2 Å². The molecule has 0 spiro atoms. The van der Waals surface area contributed by atoms with Crippen LogP contribution >= 0.6 is 0 Å². The Hall–Kier alpha value is -1.69. The third kappa shape index (κ3) is 5.16. The van der Waals surface area contributed by atoms with Gasteiger partial charge >= 0.3 is 0 Å². The Morgan fingerprint density at radius 1 is 1.30 bits per heavy atom. The molecule has 2 atom stereocenters. The van der Waals surface area contributed by atoms with Gasteiger partial charge in [-0.25, -0.2) is 4.98 Å². The zero-order chi connectivity index (χ0) is 16.1. The summed E-state index contributed by atoms with van der Waals surface area (Å²) in [6.45, 7) is 6.05. The maximum atomic E-state index is 12.1. The topological polar surface area (TPSA) is 79.9 Å². The van der Waals surface area contributed by atoms with Crippen LogP contribution in [0.25, 0.3) is 0 Å². The number of carbonyl (C=O) groups excluding carboxylic acids is 1. The van der Waals surface area contributed by atoms with Crippen LogP contribution in [0.4, 0.5) is 0 Å². The number of benzene rings is 1. The Morgan fingerprint density at radius 3 is 2.52 bits per heavy atom.